The van der Waals surface area contributed by atoms with Gasteiger partial charge in [-0.1, -0.05) is 22.9 Å². The molecule has 0 atom stereocenters. The van der Waals surface area contributed by atoms with Crippen molar-refractivity contribution in [1.82, 2.24) is 4.90 Å². The summed E-state index contributed by atoms with van der Waals surface area (Å²) in [5.41, 5.74) is 1.04. The fraction of sp³-hybridized carbons (Fsp3) is 0.500. The maximum absolute atomic E-state index is 10.7. The van der Waals surface area contributed by atoms with E-state index < -0.39 is 5.97 Å². The number of aliphatic carboxylic acids is 1. The van der Waals surface area contributed by atoms with Crippen molar-refractivity contribution < 1.29 is 19.4 Å². The van der Waals surface area contributed by atoms with Crippen LogP contribution in [-0.2, 0) is 11.3 Å². The Labute approximate surface area is 127 Å². The van der Waals surface area contributed by atoms with Gasteiger partial charge in [-0.2, -0.15) is 0 Å². The van der Waals surface area contributed by atoms with E-state index >= 15 is 0 Å². The van der Waals surface area contributed by atoms with Crippen molar-refractivity contribution in [2.45, 2.75) is 19.9 Å². The van der Waals surface area contributed by atoms with Crippen LogP contribution in [0.1, 0.15) is 18.9 Å². The van der Waals surface area contributed by atoms with Gasteiger partial charge < -0.3 is 14.6 Å². The average molecular weight is 346 g/mol. The van der Waals surface area contributed by atoms with Gasteiger partial charge in [0, 0.05) is 17.6 Å². The molecule has 0 saturated carbocycles. The molecule has 0 bridgehead atoms. The minimum atomic E-state index is -0.783. The van der Waals surface area contributed by atoms with Crippen LogP contribution in [0.4, 0.5) is 0 Å². The zero-order valence-corrected chi connectivity index (χ0v) is 13.6. The molecule has 0 aliphatic heterocycles. The van der Waals surface area contributed by atoms with Crippen LogP contribution in [0.15, 0.2) is 16.6 Å². The van der Waals surface area contributed by atoms with Crippen molar-refractivity contribution in [3.63, 3.8) is 0 Å². The van der Waals surface area contributed by atoms with E-state index in [1.165, 1.54) is 0 Å². The van der Waals surface area contributed by atoms with E-state index in [0.717, 1.165) is 16.6 Å². The van der Waals surface area contributed by atoms with E-state index in [1.54, 1.807) is 14.2 Å². The summed E-state index contributed by atoms with van der Waals surface area (Å²) in [4.78, 5) is 12.7. The molecule has 112 valence electrons. The molecule has 0 spiro atoms. The molecule has 1 aromatic carbocycles. The molecule has 0 aromatic heterocycles. The van der Waals surface area contributed by atoms with Crippen LogP contribution in [0, 0.1) is 0 Å². The molecule has 0 amide bonds. The highest BCUT2D eigenvalue weighted by Gasteiger charge is 2.13. The molecule has 20 heavy (non-hydrogen) atoms. The maximum Gasteiger partial charge on any atom is 0.304 e. The summed E-state index contributed by atoms with van der Waals surface area (Å²) >= 11 is 3.51. The van der Waals surface area contributed by atoms with Gasteiger partial charge in [-0.25, -0.2) is 0 Å². The Kier molecular flexibility index (Phi) is 6.81. The monoisotopic (exact) mass is 345 g/mol. The summed E-state index contributed by atoms with van der Waals surface area (Å²) in [5, 5.41) is 8.76. The number of carboxylic acid groups (broad SMARTS) is 1. The van der Waals surface area contributed by atoms with Crippen molar-refractivity contribution in [1.29, 1.82) is 0 Å². The van der Waals surface area contributed by atoms with Crippen LogP contribution in [0.3, 0.4) is 0 Å². The van der Waals surface area contributed by atoms with E-state index in [-0.39, 0.29) is 6.42 Å². The zero-order valence-electron chi connectivity index (χ0n) is 12.0. The van der Waals surface area contributed by atoms with Crippen LogP contribution in [0.5, 0.6) is 11.5 Å². The summed E-state index contributed by atoms with van der Waals surface area (Å²) in [6, 6.07) is 3.77. The third-order valence-electron chi connectivity index (χ3n) is 3.04. The third-order valence-corrected chi connectivity index (χ3v) is 3.77. The lowest BCUT2D eigenvalue weighted by Crippen LogP contribution is -2.25. The number of nitrogens with zero attached hydrogens (tertiary/aromatic N) is 1. The van der Waals surface area contributed by atoms with Gasteiger partial charge in [-0.3, -0.25) is 9.69 Å². The zero-order chi connectivity index (χ0) is 15.1. The first kappa shape index (κ1) is 16.8. The Balaban J connectivity index is 2.86. The largest absolute Gasteiger partial charge is 0.493 e. The Bertz CT molecular complexity index is 465. The molecule has 1 rings (SSSR count). The van der Waals surface area contributed by atoms with Crippen molar-refractivity contribution in [3.05, 3.63) is 22.2 Å². The van der Waals surface area contributed by atoms with Gasteiger partial charge in [0.15, 0.2) is 11.5 Å². The molecule has 0 heterocycles. The van der Waals surface area contributed by atoms with Crippen LogP contribution in [0.2, 0.25) is 0 Å². The number of methoxy groups -OCH3 is 2. The molecular weight excluding hydrogens is 326 g/mol. The highest BCUT2D eigenvalue weighted by atomic mass is 79.9. The third kappa shape index (κ3) is 4.68. The second-order valence-corrected chi connectivity index (χ2v) is 5.17. The predicted octanol–water partition coefficient (Wildman–Crippen LogP) is 2.76. The summed E-state index contributed by atoms with van der Waals surface area (Å²) in [6.07, 6.45) is 0.138. The first-order valence-corrected chi connectivity index (χ1v) is 7.15. The van der Waals surface area contributed by atoms with E-state index in [4.69, 9.17) is 14.6 Å². The maximum atomic E-state index is 10.7. The van der Waals surface area contributed by atoms with Gasteiger partial charge in [0.2, 0.25) is 0 Å². The van der Waals surface area contributed by atoms with Crippen LogP contribution in [0.25, 0.3) is 0 Å². The number of carbonyl (C=O) groups is 1. The lowest BCUT2D eigenvalue weighted by molar-refractivity contribution is -0.137. The van der Waals surface area contributed by atoms with E-state index in [9.17, 15) is 4.79 Å². The normalized spacial score (nSPS) is 10.7. The summed E-state index contributed by atoms with van der Waals surface area (Å²) in [7, 11) is 3.19. The molecule has 5 nitrogen and oxygen atoms in total. The minimum Gasteiger partial charge on any atom is -0.493 e. The highest BCUT2D eigenvalue weighted by Crippen LogP contribution is 2.33. The number of rotatable bonds is 8. The van der Waals surface area contributed by atoms with E-state index in [0.29, 0.717) is 24.6 Å². The van der Waals surface area contributed by atoms with Crippen molar-refractivity contribution in [3.8, 4) is 11.5 Å². The number of hydrogen-bond acceptors (Lipinski definition) is 4. The standard InChI is InChI=1S/C14H20BrNO4/c1-4-16(6-5-14(17)18)9-10-7-12(19-2)13(20-3)8-11(10)15/h7-8H,4-6,9H2,1-3H3,(H,17,18). The summed E-state index contributed by atoms with van der Waals surface area (Å²) < 4.78 is 11.4. The molecule has 0 unspecified atom stereocenters. The topological polar surface area (TPSA) is 59.0 Å². The van der Waals surface area contributed by atoms with Crippen molar-refractivity contribution in [2.75, 3.05) is 27.3 Å². The Morgan fingerprint density at radius 1 is 1.30 bits per heavy atom. The number of hydrogen-bond donors (Lipinski definition) is 1. The second kappa shape index (κ2) is 8.11. The van der Waals surface area contributed by atoms with Crippen molar-refractivity contribution >= 4 is 21.9 Å². The Morgan fingerprint density at radius 3 is 2.40 bits per heavy atom. The van der Waals surface area contributed by atoms with Crippen LogP contribution in [-0.4, -0.2) is 43.3 Å². The lowest BCUT2D eigenvalue weighted by atomic mass is 10.2. The fourth-order valence-corrected chi connectivity index (χ4v) is 2.31. The average Bonchev–Trinajstić information content (AvgIpc) is 2.44. The van der Waals surface area contributed by atoms with Gasteiger partial charge in [0.1, 0.15) is 0 Å². The summed E-state index contributed by atoms with van der Waals surface area (Å²) in [6.45, 7) is 3.97. The molecule has 6 heteroatoms. The molecule has 1 N–H and O–H groups in total. The fourth-order valence-electron chi connectivity index (χ4n) is 1.86. The predicted molar refractivity (Wildman–Crippen MR) is 80.4 cm³/mol. The smallest absolute Gasteiger partial charge is 0.304 e. The highest BCUT2D eigenvalue weighted by molar-refractivity contribution is 9.10. The molecule has 1 aromatic rings. The molecule has 0 radical (unpaired) electrons. The van der Waals surface area contributed by atoms with Crippen molar-refractivity contribution in [2.24, 2.45) is 0 Å². The van der Waals surface area contributed by atoms with Gasteiger partial charge >= 0.3 is 5.97 Å². The first-order chi connectivity index (χ1) is 9.51. The second-order valence-electron chi connectivity index (χ2n) is 4.31. The van der Waals surface area contributed by atoms with Gasteiger partial charge in [0.05, 0.1) is 20.6 Å². The minimum absolute atomic E-state index is 0.138. The van der Waals surface area contributed by atoms with Crippen LogP contribution >= 0.6 is 15.9 Å². The molecule has 0 aliphatic carbocycles. The molecule has 0 aliphatic rings. The first-order valence-electron chi connectivity index (χ1n) is 6.36. The summed E-state index contributed by atoms with van der Waals surface area (Å²) in [5.74, 6) is 0.548. The molecular formula is C14H20BrNO4. The Morgan fingerprint density at radius 2 is 1.90 bits per heavy atom. The number of ether oxygens (including phenoxy) is 2. The van der Waals surface area contributed by atoms with E-state index in [1.807, 2.05) is 19.1 Å². The van der Waals surface area contributed by atoms with Gasteiger partial charge in [-0.15, -0.1) is 0 Å². The quantitative estimate of drug-likeness (QED) is 0.784. The van der Waals surface area contributed by atoms with Crippen LogP contribution < -0.4 is 9.47 Å². The number of halogens is 1. The van der Waals surface area contributed by atoms with Gasteiger partial charge in [0.25, 0.3) is 0 Å². The van der Waals surface area contributed by atoms with E-state index in [2.05, 4.69) is 20.8 Å². The number of carboxylic acids is 1. The number of benzene rings is 1. The lowest BCUT2D eigenvalue weighted by Gasteiger charge is -2.21. The molecule has 0 saturated heterocycles. The molecule has 0 fully saturated rings. The van der Waals surface area contributed by atoms with Gasteiger partial charge in [-0.05, 0) is 24.2 Å². The SMILES string of the molecule is CCN(CCC(=O)O)Cc1cc(OC)c(OC)cc1Br. The Hall–Kier alpha value is -1.27.